The van der Waals surface area contributed by atoms with Crippen molar-refractivity contribution >= 4 is 17.2 Å². The number of hydrogen-bond acceptors (Lipinski definition) is 5. The van der Waals surface area contributed by atoms with Crippen LogP contribution in [0.25, 0.3) is 11.5 Å². The van der Waals surface area contributed by atoms with Gasteiger partial charge in [-0.1, -0.05) is 17.7 Å². The molecule has 0 spiro atoms. The minimum absolute atomic E-state index is 0.233. The van der Waals surface area contributed by atoms with Crippen molar-refractivity contribution in [3.8, 4) is 17.5 Å². The second-order valence-corrected chi connectivity index (χ2v) is 6.21. The molecule has 1 aromatic carbocycles. The Morgan fingerprint density at radius 2 is 2.12 bits per heavy atom. The number of nitriles is 1. The maximum Gasteiger partial charge on any atom is 0.262 e. The normalized spacial score (nSPS) is 10.3. The Kier molecular flexibility index (Phi) is 4.73. The van der Waals surface area contributed by atoms with E-state index < -0.39 is 0 Å². The molecule has 120 valence electrons. The monoisotopic (exact) mass is 337 g/mol. The number of hydrogen-bond donors (Lipinski definition) is 1. The molecule has 24 heavy (non-hydrogen) atoms. The highest BCUT2D eigenvalue weighted by molar-refractivity contribution is 7.12. The molecule has 0 aliphatic rings. The summed E-state index contributed by atoms with van der Waals surface area (Å²) in [5.41, 5.74) is 3.28. The topological polar surface area (TPSA) is 78.9 Å². The first-order valence-corrected chi connectivity index (χ1v) is 8.32. The van der Waals surface area contributed by atoms with Gasteiger partial charge in [-0.25, -0.2) is 4.98 Å². The van der Waals surface area contributed by atoms with E-state index >= 15 is 0 Å². The van der Waals surface area contributed by atoms with Crippen LogP contribution in [-0.4, -0.2) is 17.4 Å². The van der Waals surface area contributed by atoms with Crippen LogP contribution >= 0.6 is 11.3 Å². The van der Waals surface area contributed by atoms with Crippen LogP contribution in [0.2, 0.25) is 0 Å². The van der Waals surface area contributed by atoms with Crippen molar-refractivity contribution in [2.45, 2.75) is 13.3 Å². The highest BCUT2D eigenvalue weighted by Gasteiger charge is 2.13. The van der Waals surface area contributed by atoms with Crippen molar-refractivity contribution in [2.75, 3.05) is 6.54 Å². The lowest BCUT2D eigenvalue weighted by molar-refractivity contribution is 0.0958. The van der Waals surface area contributed by atoms with Gasteiger partial charge in [0.25, 0.3) is 5.91 Å². The largest absolute Gasteiger partial charge is 0.444 e. The lowest BCUT2D eigenvalue weighted by Crippen LogP contribution is -2.25. The zero-order valence-corrected chi connectivity index (χ0v) is 13.9. The zero-order chi connectivity index (χ0) is 16.9. The predicted octanol–water partition coefficient (Wildman–Crippen LogP) is 3.56. The summed E-state index contributed by atoms with van der Waals surface area (Å²) in [6, 6.07) is 11.6. The molecule has 0 bridgehead atoms. The Morgan fingerprint density at radius 1 is 1.33 bits per heavy atom. The van der Waals surface area contributed by atoms with Crippen LogP contribution in [0.15, 0.2) is 46.4 Å². The lowest BCUT2D eigenvalue weighted by Gasteiger charge is -2.02. The van der Waals surface area contributed by atoms with Crippen LogP contribution < -0.4 is 5.32 Å². The van der Waals surface area contributed by atoms with Crippen molar-refractivity contribution in [3.05, 3.63) is 63.7 Å². The molecule has 2 aromatic heterocycles. The number of aryl methyl sites for hydroxylation is 1. The summed E-state index contributed by atoms with van der Waals surface area (Å²) in [7, 11) is 0. The fraction of sp³-hybridized carbons (Fsp3) is 0.167. The van der Waals surface area contributed by atoms with Gasteiger partial charge in [-0.3, -0.25) is 4.79 Å². The standard InChI is InChI=1S/C18H15N3O2S/c1-12-2-4-13(5-3-12)18-21-15(11-23-18)6-8-20-17(22)16-14(10-19)7-9-24-16/h2-5,7,9,11H,6,8H2,1H3,(H,20,22). The third-order valence-electron chi connectivity index (χ3n) is 3.51. The van der Waals surface area contributed by atoms with E-state index in [4.69, 9.17) is 9.68 Å². The minimum Gasteiger partial charge on any atom is -0.444 e. The molecule has 0 radical (unpaired) electrons. The maximum atomic E-state index is 12.0. The van der Waals surface area contributed by atoms with Gasteiger partial charge in [-0.05, 0) is 30.5 Å². The van der Waals surface area contributed by atoms with Gasteiger partial charge in [-0.15, -0.1) is 11.3 Å². The number of thiophene rings is 1. The van der Waals surface area contributed by atoms with Crippen LogP contribution in [0.1, 0.15) is 26.5 Å². The number of nitrogens with one attached hydrogen (secondary N) is 1. The predicted molar refractivity (Wildman–Crippen MR) is 91.7 cm³/mol. The number of benzene rings is 1. The molecule has 0 unspecified atom stereocenters. The number of oxazole rings is 1. The second-order valence-electron chi connectivity index (χ2n) is 5.29. The number of aromatic nitrogens is 1. The molecule has 5 nitrogen and oxygen atoms in total. The van der Waals surface area contributed by atoms with Gasteiger partial charge in [0.15, 0.2) is 0 Å². The second kappa shape index (κ2) is 7.11. The molecule has 0 fully saturated rings. The molecule has 1 amide bonds. The van der Waals surface area contributed by atoms with Crippen molar-refractivity contribution in [1.82, 2.24) is 10.3 Å². The van der Waals surface area contributed by atoms with Gasteiger partial charge in [0.05, 0.1) is 11.3 Å². The fourth-order valence-corrected chi connectivity index (χ4v) is 2.97. The summed E-state index contributed by atoms with van der Waals surface area (Å²) in [5, 5.41) is 13.5. The molecule has 0 saturated carbocycles. The van der Waals surface area contributed by atoms with Crippen LogP contribution in [0.3, 0.4) is 0 Å². The molecule has 6 heteroatoms. The van der Waals surface area contributed by atoms with E-state index in [0.717, 1.165) is 11.3 Å². The lowest BCUT2D eigenvalue weighted by atomic mass is 10.1. The third-order valence-corrected chi connectivity index (χ3v) is 4.42. The number of carbonyl (C=O) groups excluding carboxylic acids is 1. The molecule has 1 N–H and O–H groups in total. The molecule has 2 heterocycles. The first kappa shape index (κ1) is 16.0. The van der Waals surface area contributed by atoms with Gasteiger partial charge in [0, 0.05) is 18.5 Å². The van der Waals surface area contributed by atoms with Crippen molar-refractivity contribution < 1.29 is 9.21 Å². The highest BCUT2D eigenvalue weighted by Crippen LogP contribution is 2.19. The zero-order valence-electron chi connectivity index (χ0n) is 13.1. The van der Waals surface area contributed by atoms with Gasteiger partial charge < -0.3 is 9.73 Å². The average molecular weight is 337 g/mol. The van der Waals surface area contributed by atoms with Gasteiger partial charge in [0.2, 0.25) is 5.89 Å². The summed E-state index contributed by atoms with van der Waals surface area (Å²) in [5.74, 6) is 0.338. The van der Waals surface area contributed by atoms with E-state index in [1.807, 2.05) is 37.3 Å². The SMILES string of the molecule is Cc1ccc(-c2nc(CCNC(=O)c3sccc3C#N)co2)cc1. The molecule has 0 aliphatic carbocycles. The molecule has 0 aliphatic heterocycles. The van der Waals surface area contributed by atoms with Gasteiger partial charge >= 0.3 is 0 Å². The number of amides is 1. The number of nitrogens with zero attached hydrogens (tertiary/aromatic N) is 2. The van der Waals surface area contributed by atoms with Gasteiger partial charge in [0.1, 0.15) is 17.2 Å². The smallest absolute Gasteiger partial charge is 0.262 e. The highest BCUT2D eigenvalue weighted by atomic mass is 32.1. The molecule has 3 aromatic rings. The first-order valence-electron chi connectivity index (χ1n) is 7.44. The van der Waals surface area contributed by atoms with E-state index in [9.17, 15) is 4.79 Å². The maximum absolute atomic E-state index is 12.0. The average Bonchev–Trinajstić information content (AvgIpc) is 3.24. The summed E-state index contributed by atoms with van der Waals surface area (Å²) in [6.45, 7) is 2.46. The van der Waals surface area contributed by atoms with Crippen molar-refractivity contribution in [1.29, 1.82) is 5.26 Å². The van der Waals surface area contributed by atoms with E-state index in [-0.39, 0.29) is 5.91 Å². The van der Waals surface area contributed by atoms with Crippen LogP contribution in [-0.2, 0) is 6.42 Å². The Hall–Kier alpha value is -2.91. The molecule has 0 atom stereocenters. The minimum atomic E-state index is -0.233. The van der Waals surface area contributed by atoms with Crippen molar-refractivity contribution in [3.63, 3.8) is 0 Å². The molecule has 3 rings (SSSR count). The number of rotatable bonds is 5. The van der Waals surface area contributed by atoms with E-state index in [1.54, 1.807) is 17.7 Å². The van der Waals surface area contributed by atoms with Gasteiger partial charge in [-0.2, -0.15) is 5.26 Å². The first-order chi connectivity index (χ1) is 11.7. The van der Waals surface area contributed by atoms with Crippen LogP contribution in [0, 0.1) is 18.3 Å². The Balaban J connectivity index is 1.57. The van der Waals surface area contributed by atoms with Crippen LogP contribution in [0.5, 0.6) is 0 Å². The fourth-order valence-electron chi connectivity index (χ4n) is 2.21. The molecular formula is C18H15N3O2S. The quantitative estimate of drug-likeness (QED) is 0.772. The number of carbonyl (C=O) groups is 1. The Morgan fingerprint density at radius 3 is 2.88 bits per heavy atom. The van der Waals surface area contributed by atoms with Crippen LogP contribution in [0.4, 0.5) is 0 Å². The van der Waals surface area contributed by atoms with E-state index in [0.29, 0.717) is 29.3 Å². The van der Waals surface area contributed by atoms with E-state index in [2.05, 4.69) is 10.3 Å². The summed E-state index contributed by atoms with van der Waals surface area (Å²) in [4.78, 5) is 16.9. The Bertz CT molecular complexity index is 888. The molecule has 0 saturated heterocycles. The van der Waals surface area contributed by atoms with Crippen molar-refractivity contribution in [2.24, 2.45) is 0 Å². The summed E-state index contributed by atoms with van der Waals surface area (Å²) in [6.07, 6.45) is 2.17. The Labute approximate surface area is 143 Å². The third kappa shape index (κ3) is 3.53. The molecular weight excluding hydrogens is 322 g/mol. The summed E-state index contributed by atoms with van der Waals surface area (Å²) >= 11 is 1.26. The summed E-state index contributed by atoms with van der Waals surface area (Å²) < 4.78 is 5.49. The van der Waals surface area contributed by atoms with E-state index in [1.165, 1.54) is 16.9 Å².